The van der Waals surface area contributed by atoms with Crippen molar-refractivity contribution >= 4 is 28.5 Å². The lowest BCUT2D eigenvalue weighted by molar-refractivity contribution is 0.111. The van der Waals surface area contributed by atoms with E-state index in [0.29, 0.717) is 11.1 Å². The first-order valence-corrected chi connectivity index (χ1v) is 7.91. The van der Waals surface area contributed by atoms with Crippen molar-refractivity contribution in [1.82, 2.24) is 0 Å². The van der Waals surface area contributed by atoms with E-state index in [-0.39, 0.29) is 0 Å². The fourth-order valence-corrected chi connectivity index (χ4v) is 2.92. The van der Waals surface area contributed by atoms with E-state index < -0.39 is 0 Å². The standard InChI is InChI=1S/C20H13BrO2/c21-20-10-18(16-5-1-14(12-22)2-6-16)9-19(11-20)17-7-3-15(13-23)4-8-17/h1-13H. The Kier molecular flexibility index (Phi) is 4.49. The third-order valence-electron chi connectivity index (χ3n) is 3.66. The van der Waals surface area contributed by atoms with E-state index in [4.69, 9.17) is 0 Å². The normalized spacial score (nSPS) is 10.3. The monoisotopic (exact) mass is 364 g/mol. The van der Waals surface area contributed by atoms with Gasteiger partial charge in [-0.1, -0.05) is 64.5 Å². The minimum Gasteiger partial charge on any atom is -0.298 e. The van der Waals surface area contributed by atoms with Gasteiger partial charge in [0, 0.05) is 15.6 Å². The molecule has 3 rings (SSSR count). The minimum absolute atomic E-state index is 0.661. The summed E-state index contributed by atoms with van der Waals surface area (Å²) < 4.78 is 0.976. The summed E-state index contributed by atoms with van der Waals surface area (Å²) in [7, 11) is 0. The van der Waals surface area contributed by atoms with Crippen molar-refractivity contribution in [2.24, 2.45) is 0 Å². The van der Waals surface area contributed by atoms with Crippen LogP contribution in [-0.2, 0) is 0 Å². The van der Waals surface area contributed by atoms with Crippen LogP contribution in [0.4, 0.5) is 0 Å². The Hall–Kier alpha value is -2.52. The van der Waals surface area contributed by atoms with Gasteiger partial charge in [0.1, 0.15) is 12.6 Å². The third kappa shape index (κ3) is 3.46. The molecule has 0 spiro atoms. The van der Waals surface area contributed by atoms with Crippen LogP contribution in [0.15, 0.2) is 71.2 Å². The Morgan fingerprint density at radius 2 is 0.957 bits per heavy atom. The second-order valence-corrected chi connectivity index (χ2v) is 6.12. The number of hydrogen-bond donors (Lipinski definition) is 0. The van der Waals surface area contributed by atoms with Gasteiger partial charge < -0.3 is 0 Å². The Labute approximate surface area is 142 Å². The molecule has 0 saturated carbocycles. The average Bonchev–Trinajstić information content (AvgIpc) is 2.61. The summed E-state index contributed by atoms with van der Waals surface area (Å²) in [5.74, 6) is 0. The zero-order valence-electron chi connectivity index (χ0n) is 12.2. The fourth-order valence-electron chi connectivity index (χ4n) is 2.43. The largest absolute Gasteiger partial charge is 0.298 e. The van der Waals surface area contributed by atoms with Crippen LogP contribution in [0.3, 0.4) is 0 Å². The molecule has 0 radical (unpaired) electrons. The van der Waals surface area contributed by atoms with Crippen molar-refractivity contribution in [3.05, 3.63) is 82.3 Å². The summed E-state index contributed by atoms with van der Waals surface area (Å²) in [6.45, 7) is 0. The molecule has 23 heavy (non-hydrogen) atoms. The molecule has 0 bridgehead atoms. The van der Waals surface area contributed by atoms with Crippen LogP contribution in [0.5, 0.6) is 0 Å². The predicted molar refractivity (Wildman–Crippen MR) is 95.8 cm³/mol. The highest BCUT2D eigenvalue weighted by Gasteiger charge is 2.05. The molecule has 112 valence electrons. The Bertz CT molecular complexity index is 780. The van der Waals surface area contributed by atoms with Gasteiger partial charge in [0.25, 0.3) is 0 Å². The van der Waals surface area contributed by atoms with Gasteiger partial charge in [-0.3, -0.25) is 9.59 Å². The first kappa shape index (κ1) is 15.4. The highest BCUT2D eigenvalue weighted by molar-refractivity contribution is 9.10. The smallest absolute Gasteiger partial charge is 0.150 e. The molecule has 0 amide bonds. The highest BCUT2D eigenvalue weighted by atomic mass is 79.9. The van der Waals surface area contributed by atoms with E-state index in [2.05, 4.69) is 22.0 Å². The molecule has 3 heteroatoms. The topological polar surface area (TPSA) is 34.1 Å². The van der Waals surface area contributed by atoms with E-state index in [1.165, 1.54) is 0 Å². The van der Waals surface area contributed by atoms with Crippen LogP contribution >= 0.6 is 15.9 Å². The summed E-state index contributed by atoms with van der Waals surface area (Å²) in [6, 6.07) is 21.1. The maximum atomic E-state index is 10.8. The van der Waals surface area contributed by atoms with Gasteiger partial charge in [-0.15, -0.1) is 0 Å². The van der Waals surface area contributed by atoms with E-state index in [9.17, 15) is 9.59 Å². The summed E-state index contributed by atoms with van der Waals surface area (Å²) in [4.78, 5) is 21.5. The molecule has 3 aromatic rings. The van der Waals surface area contributed by atoms with Crippen molar-refractivity contribution in [2.45, 2.75) is 0 Å². The van der Waals surface area contributed by atoms with Crippen molar-refractivity contribution in [2.75, 3.05) is 0 Å². The number of carbonyl (C=O) groups excluding carboxylic acids is 2. The third-order valence-corrected chi connectivity index (χ3v) is 4.12. The molecule has 0 saturated heterocycles. The van der Waals surface area contributed by atoms with Crippen LogP contribution in [0.1, 0.15) is 20.7 Å². The van der Waals surface area contributed by atoms with Crippen LogP contribution in [0, 0.1) is 0 Å². The van der Waals surface area contributed by atoms with Gasteiger partial charge in [0.2, 0.25) is 0 Å². The second kappa shape index (κ2) is 6.71. The van der Waals surface area contributed by atoms with Gasteiger partial charge in [0.15, 0.2) is 0 Å². The molecule has 0 atom stereocenters. The van der Waals surface area contributed by atoms with Crippen molar-refractivity contribution in [1.29, 1.82) is 0 Å². The Morgan fingerprint density at radius 1 is 0.565 bits per heavy atom. The van der Waals surface area contributed by atoms with Gasteiger partial charge >= 0.3 is 0 Å². The van der Waals surface area contributed by atoms with Crippen LogP contribution in [0.2, 0.25) is 0 Å². The van der Waals surface area contributed by atoms with E-state index in [0.717, 1.165) is 39.3 Å². The first-order valence-electron chi connectivity index (χ1n) is 7.11. The van der Waals surface area contributed by atoms with Crippen LogP contribution < -0.4 is 0 Å². The lowest BCUT2D eigenvalue weighted by Gasteiger charge is -2.08. The number of aldehydes is 2. The summed E-state index contributed by atoms with van der Waals surface area (Å²) >= 11 is 3.55. The van der Waals surface area contributed by atoms with Crippen molar-refractivity contribution < 1.29 is 9.59 Å². The quantitative estimate of drug-likeness (QED) is 0.580. The SMILES string of the molecule is O=Cc1ccc(-c2cc(Br)cc(-c3ccc(C=O)cc3)c2)cc1. The molecule has 0 aliphatic carbocycles. The molecule has 0 N–H and O–H groups in total. The number of rotatable bonds is 4. The Balaban J connectivity index is 2.03. The molecule has 3 aromatic carbocycles. The molecule has 2 nitrogen and oxygen atoms in total. The van der Waals surface area contributed by atoms with E-state index in [1.54, 1.807) is 0 Å². The van der Waals surface area contributed by atoms with Crippen LogP contribution in [-0.4, -0.2) is 12.6 Å². The number of benzene rings is 3. The van der Waals surface area contributed by atoms with Crippen molar-refractivity contribution in [3.63, 3.8) is 0 Å². The first-order chi connectivity index (χ1) is 11.2. The summed E-state index contributed by atoms with van der Waals surface area (Å²) in [6.07, 6.45) is 1.68. The van der Waals surface area contributed by atoms with Gasteiger partial charge in [-0.2, -0.15) is 0 Å². The van der Waals surface area contributed by atoms with E-state index in [1.807, 2.05) is 60.7 Å². The number of halogens is 1. The number of carbonyl (C=O) groups is 2. The molecular formula is C20H13BrO2. The molecule has 0 heterocycles. The van der Waals surface area contributed by atoms with Gasteiger partial charge in [0.05, 0.1) is 0 Å². The lowest BCUT2D eigenvalue weighted by atomic mass is 9.98. The zero-order valence-corrected chi connectivity index (χ0v) is 13.8. The molecule has 0 aliphatic rings. The van der Waals surface area contributed by atoms with E-state index >= 15 is 0 Å². The van der Waals surface area contributed by atoms with Gasteiger partial charge in [-0.25, -0.2) is 0 Å². The average molecular weight is 365 g/mol. The maximum Gasteiger partial charge on any atom is 0.150 e. The zero-order chi connectivity index (χ0) is 16.2. The minimum atomic E-state index is 0.661. The lowest BCUT2D eigenvalue weighted by Crippen LogP contribution is -1.85. The van der Waals surface area contributed by atoms with Crippen molar-refractivity contribution in [3.8, 4) is 22.3 Å². The molecular weight excluding hydrogens is 352 g/mol. The summed E-state index contributed by atoms with van der Waals surface area (Å²) in [5.41, 5.74) is 5.53. The summed E-state index contributed by atoms with van der Waals surface area (Å²) in [5, 5.41) is 0. The second-order valence-electron chi connectivity index (χ2n) is 5.21. The molecule has 0 unspecified atom stereocenters. The maximum absolute atomic E-state index is 10.8. The highest BCUT2D eigenvalue weighted by Crippen LogP contribution is 2.30. The Morgan fingerprint density at radius 3 is 1.30 bits per heavy atom. The molecule has 0 fully saturated rings. The van der Waals surface area contributed by atoms with Gasteiger partial charge in [-0.05, 0) is 40.5 Å². The predicted octanol–water partition coefficient (Wildman–Crippen LogP) is 5.41. The number of hydrogen-bond acceptors (Lipinski definition) is 2. The molecule has 0 aromatic heterocycles. The fraction of sp³-hybridized carbons (Fsp3) is 0. The van der Waals surface area contributed by atoms with Crippen LogP contribution in [0.25, 0.3) is 22.3 Å². The molecule has 0 aliphatic heterocycles.